The van der Waals surface area contributed by atoms with Gasteiger partial charge in [0.05, 0.1) is 0 Å². The molecule has 1 aromatic carbocycles. The molecule has 0 atom stereocenters. The van der Waals surface area contributed by atoms with Crippen LogP contribution in [0.25, 0.3) is 6.08 Å². The summed E-state index contributed by atoms with van der Waals surface area (Å²) in [6.45, 7) is 4.23. The summed E-state index contributed by atoms with van der Waals surface area (Å²) in [6.07, 6.45) is 4.94. The van der Waals surface area contributed by atoms with E-state index < -0.39 is 0 Å². The first-order valence-corrected chi connectivity index (χ1v) is 5.36. The van der Waals surface area contributed by atoms with Gasteiger partial charge in [0.2, 0.25) is 5.91 Å². The van der Waals surface area contributed by atoms with Gasteiger partial charge >= 0.3 is 0 Å². The molecule has 0 bridgehead atoms. The van der Waals surface area contributed by atoms with Gasteiger partial charge in [0, 0.05) is 19.2 Å². The fourth-order valence-corrected chi connectivity index (χ4v) is 1.43. The van der Waals surface area contributed by atoms with Crippen molar-refractivity contribution in [3.8, 4) is 0 Å². The summed E-state index contributed by atoms with van der Waals surface area (Å²) < 4.78 is 0. The summed E-state index contributed by atoms with van der Waals surface area (Å²) in [7, 11) is 0. The van der Waals surface area contributed by atoms with Crippen LogP contribution in [0.5, 0.6) is 0 Å². The van der Waals surface area contributed by atoms with Crippen molar-refractivity contribution in [3.05, 3.63) is 35.4 Å². The fraction of sp³-hybridized carbons (Fsp3) is 0.308. The number of nitrogen functional groups attached to an aromatic ring is 1. The van der Waals surface area contributed by atoms with Gasteiger partial charge in [-0.1, -0.05) is 18.2 Å². The van der Waals surface area contributed by atoms with Gasteiger partial charge in [0.25, 0.3) is 0 Å². The van der Waals surface area contributed by atoms with E-state index in [4.69, 9.17) is 5.73 Å². The van der Waals surface area contributed by atoms with Crippen LogP contribution < -0.4 is 11.1 Å². The molecule has 3 nitrogen and oxygen atoms in total. The van der Waals surface area contributed by atoms with E-state index in [2.05, 4.69) is 17.5 Å². The topological polar surface area (TPSA) is 55.1 Å². The molecule has 0 aliphatic rings. The van der Waals surface area contributed by atoms with Gasteiger partial charge < -0.3 is 11.1 Å². The monoisotopic (exact) mass is 218 g/mol. The average Bonchev–Trinajstić information content (AvgIpc) is 2.20. The van der Waals surface area contributed by atoms with Gasteiger partial charge in [-0.05, 0) is 36.6 Å². The van der Waals surface area contributed by atoms with Gasteiger partial charge in [-0.25, -0.2) is 0 Å². The maximum Gasteiger partial charge on any atom is 0.216 e. The lowest BCUT2D eigenvalue weighted by Crippen LogP contribution is -2.20. The molecule has 0 spiro atoms. The predicted molar refractivity (Wildman–Crippen MR) is 67.9 cm³/mol. The van der Waals surface area contributed by atoms with E-state index in [0.29, 0.717) is 6.54 Å². The second-order valence-electron chi connectivity index (χ2n) is 3.79. The molecular formula is C13H18N2O. The molecule has 0 radical (unpaired) electrons. The van der Waals surface area contributed by atoms with Gasteiger partial charge in [-0.15, -0.1) is 0 Å². The van der Waals surface area contributed by atoms with Gasteiger partial charge in [0.1, 0.15) is 0 Å². The van der Waals surface area contributed by atoms with E-state index in [1.807, 2.05) is 25.1 Å². The molecule has 0 aliphatic carbocycles. The number of amides is 1. The van der Waals surface area contributed by atoms with Crippen LogP contribution in [0.4, 0.5) is 5.69 Å². The Morgan fingerprint density at radius 2 is 2.25 bits per heavy atom. The van der Waals surface area contributed by atoms with Crippen LogP contribution in [0.1, 0.15) is 24.5 Å². The van der Waals surface area contributed by atoms with Crippen LogP contribution in [-0.2, 0) is 4.79 Å². The molecule has 3 N–H and O–H groups in total. The Labute approximate surface area is 96.3 Å². The third-order valence-corrected chi connectivity index (χ3v) is 2.28. The van der Waals surface area contributed by atoms with Gasteiger partial charge in [-0.3, -0.25) is 4.79 Å². The molecule has 0 aliphatic heterocycles. The van der Waals surface area contributed by atoms with E-state index in [1.54, 1.807) is 0 Å². The Bertz CT molecular complexity index is 397. The Hall–Kier alpha value is -1.77. The highest BCUT2D eigenvalue weighted by molar-refractivity contribution is 5.72. The third kappa shape index (κ3) is 4.17. The lowest BCUT2D eigenvalue weighted by molar-refractivity contribution is -0.118. The predicted octanol–water partition coefficient (Wildman–Crippen LogP) is 2.12. The third-order valence-electron chi connectivity index (χ3n) is 2.28. The number of rotatable bonds is 4. The molecule has 3 heteroatoms. The molecule has 0 saturated heterocycles. The highest BCUT2D eigenvalue weighted by Gasteiger charge is 1.94. The molecule has 16 heavy (non-hydrogen) atoms. The minimum atomic E-state index is 0.0112. The number of nitrogens with one attached hydrogen (secondary N) is 1. The average molecular weight is 218 g/mol. The second-order valence-corrected chi connectivity index (χ2v) is 3.79. The molecule has 0 fully saturated rings. The highest BCUT2D eigenvalue weighted by Crippen LogP contribution is 2.13. The molecule has 0 heterocycles. The standard InChI is InChI=1S/C13H18N2O/c1-10-9-13(14)7-6-12(10)5-3-4-8-15-11(2)16/h3,5-7,9H,4,8,14H2,1-2H3,(H,15,16). The quantitative estimate of drug-likeness (QED) is 0.600. The molecular weight excluding hydrogens is 200 g/mol. The first-order valence-electron chi connectivity index (χ1n) is 5.36. The fourth-order valence-electron chi connectivity index (χ4n) is 1.43. The maximum absolute atomic E-state index is 10.6. The summed E-state index contributed by atoms with van der Waals surface area (Å²) in [5.74, 6) is 0.0112. The summed E-state index contributed by atoms with van der Waals surface area (Å²) >= 11 is 0. The number of benzene rings is 1. The first kappa shape index (κ1) is 12.3. The van der Waals surface area contributed by atoms with Crippen LogP contribution in [0.3, 0.4) is 0 Å². The van der Waals surface area contributed by atoms with Crippen molar-refractivity contribution in [3.63, 3.8) is 0 Å². The molecule has 0 saturated carbocycles. The van der Waals surface area contributed by atoms with Crippen LogP contribution >= 0.6 is 0 Å². The molecule has 86 valence electrons. The zero-order valence-corrected chi connectivity index (χ0v) is 9.79. The second kappa shape index (κ2) is 5.95. The van der Waals surface area contributed by atoms with Crippen molar-refractivity contribution in [2.75, 3.05) is 12.3 Å². The molecule has 0 unspecified atom stereocenters. The van der Waals surface area contributed by atoms with Crippen molar-refractivity contribution < 1.29 is 4.79 Å². The highest BCUT2D eigenvalue weighted by atomic mass is 16.1. The van der Waals surface area contributed by atoms with Crippen molar-refractivity contribution >= 4 is 17.7 Å². The van der Waals surface area contributed by atoms with E-state index in [-0.39, 0.29) is 5.91 Å². The lowest BCUT2D eigenvalue weighted by atomic mass is 10.1. The normalized spacial score (nSPS) is 10.6. The summed E-state index contributed by atoms with van der Waals surface area (Å²) in [6, 6.07) is 5.84. The van der Waals surface area contributed by atoms with Crippen LogP contribution in [0.15, 0.2) is 24.3 Å². The lowest BCUT2D eigenvalue weighted by Gasteiger charge is -2.01. The number of anilines is 1. The maximum atomic E-state index is 10.6. The summed E-state index contributed by atoms with van der Waals surface area (Å²) in [5, 5.41) is 2.75. The van der Waals surface area contributed by atoms with Crippen LogP contribution in [0, 0.1) is 6.92 Å². The summed E-state index contributed by atoms with van der Waals surface area (Å²) in [4.78, 5) is 10.6. The molecule has 0 aromatic heterocycles. The zero-order chi connectivity index (χ0) is 12.0. The van der Waals surface area contributed by atoms with Gasteiger partial charge in [-0.2, -0.15) is 0 Å². The van der Waals surface area contributed by atoms with Crippen LogP contribution in [-0.4, -0.2) is 12.5 Å². The Morgan fingerprint density at radius 1 is 1.50 bits per heavy atom. The van der Waals surface area contributed by atoms with Crippen molar-refractivity contribution in [2.24, 2.45) is 0 Å². The van der Waals surface area contributed by atoms with E-state index in [9.17, 15) is 4.79 Å². The van der Waals surface area contributed by atoms with E-state index in [0.717, 1.165) is 23.2 Å². The van der Waals surface area contributed by atoms with Crippen molar-refractivity contribution in [1.82, 2.24) is 5.32 Å². The Balaban J connectivity index is 2.47. The number of aryl methyl sites for hydroxylation is 1. The SMILES string of the molecule is CC(=O)NCCC=Cc1ccc(N)cc1C. The van der Waals surface area contributed by atoms with E-state index >= 15 is 0 Å². The number of carbonyl (C=O) groups excluding carboxylic acids is 1. The zero-order valence-electron chi connectivity index (χ0n) is 9.79. The van der Waals surface area contributed by atoms with Crippen molar-refractivity contribution in [2.45, 2.75) is 20.3 Å². The minimum Gasteiger partial charge on any atom is -0.399 e. The van der Waals surface area contributed by atoms with E-state index in [1.165, 1.54) is 6.92 Å². The number of hydrogen-bond donors (Lipinski definition) is 2. The minimum absolute atomic E-state index is 0.0112. The molecule has 1 aromatic rings. The Kier molecular flexibility index (Phi) is 4.58. The number of nitrogens with two attached hydrogens (primary N) is 1. The molecule has 1 amide bonds. The van der Waals surface area contributed by atoms with Crippen molar-refractivity contribution in [1.29, 1.82) is 0 Å². The number of carbonyl (C=O) groups is 1. The van der Waals surface area contributed by atoms with Gasteiger partial charge in [0.15, 0.2) is 0 Å². The largest absolute Gasteiger partial charge is 0.399 e. The smallest absolute Gasteiger partial charge is 0.216 e. The van der Waals surface area contributed by atoms with Crippen LogP contribution in [0.2, 0.25) is 0 Å². The summed E-state index contributed by atoms with van der Waals surface area (Å²) in [5.41, 5.74) is 8.78. The Morgan fingerprint density at radius 3 is 2.88 bits per heavy atom. The number of hydrogen-bond acceptors (Lipinski definition) is 2. The molecule has 1 rings (SSSR count). The first-order chi connectivity index (χ1) is 7.59.